The molecule has 0 bridgehead atoms. The van der Waals surface area contributed by atoms with Crippen LogP contribution in [0.25, 0.3) is 0 Å². The van der Waals surface area contributed by atoms with E-state index in [9.17, 15) is 50.0 Å². The van der Waals surface area contributed by atoms with Gasteiger partial charge in [-0.15, -0.1) is 0 Å². The largest absolute Gasteiger partial charge is 0.472 e. The topological polar surface area (TPSA) is 226 Å². The van der Waals surface area contributed by atoms with Crippen molar-refractivity contribution >= 4 is 13.7 Å². The fourth-order valence-corrected chi connectivity index (χ4v) is 9.17. The Morgan fingerprint density at radius 1 is 0.554 bits per heavy atom. The SMILES string of the molecule is CCCC/C=C/C(O)C(COP(=O)(O)OC1C(O)C(O)C(O)C(O)C1O)NC(=O)CC(O)CCCCCCCCCCCCCCCCC/C=C\C/C=C\CCCCCCCCCCC. The Labute approximate surface area is 394 Å². The number of phosphoric acid groups is 1. The minimum Gasteiger partial charge on any atom is -0.393 e. The Morgan fingerprint density at radius 2 is 0.954 bits per heavy atom. The van der Waals surface area contributed by atoms with Crippen LogP contribution < -0.4 is 5.32 Å². The summed E-state index contributed by atoms with van der Waals surface area (Å²) < 4.78 is 22.6. The van der Waals surface area contributed by atoms with Gasteiger partial charge in [0.05, 0.1) is 31.3 Å². The number of allylic oxidation sites excluding steroid dienone is 5. The monoisotopic (exact) mass is 946 g/mol. The van der Waals surface area contributed by atoms with E-state index in [0.717, 1.165) is 44.9 Å². The third-order valence-corrected chi connectivity index (χ3v) is 13.5. The van der Waals surface area contributed by atoms with Gasteiger partial charge in [0, 0.05) is 0 Å². The molecule has 0 aromatic heterocycles. The van der Waals surface area contributed by atoms with Crippen molar-refractivity contribution in [3.05, 3.63) is 36.5 Å². The zero-order chi connectivity index (χ0) is 48.0. The molecule has 0 heterocycles. The molecule has 8 unspecified atom stereocenters. The summed E-state index contributed by atoms with van der Waals surface area (Å²) in [5, 5.41) is 73.9. The van der Waals surface area contributed by atoms with Crippen molar-refractivity contribution in [3.63, 3.8) is 0 Å². The number of phosphoric ester groups is 1. The maximum Gasteiger partial charge on any atom is 0.472 e. The first-order valence-corrected chi connectivity index (χ1v) is 27.5. The summed E-state index contributed by atoms with van der Waals surface area (Å²) in [5.41, 5.74) is 0. The minimum absolute atomic E-state index is 0.246. The normalized spacial score (nSPS) is 22.8. The number of aliphatic hydroxyl groups excluding tert-OH is 7. The second kappa shape index (κ2) is 40.4. The van der Waals surface area contributed by atoms with Gasteiger partial charge in [0.1, 0.15) is 36.6 Å². The van der Waals surface area contributed by atoms with Crippen LogP contribution in [-0.2, 0) is 18.4 Å². The summed E-state index contributed by atoms with van der Waals surface area (Å²) >= 11 is 0. The van der Waals surface area contributed by atoms with E-state index in [4.69, 9.17) is 9.05 Å². The van der Waals surface area contributed by atoms with Crippen LogP contribution in [0.5, 0.6) is 0 Å². The molecule has 0 aromatic carbocycles. The van der Waals surface area contributed by atoms with Gasteiger partial charge in [-0.1, -0.05) is 204 Å². The lowest BCUT2D eigenvalue weighted by Gasteiger charge is -2.41. The Morgan fingerprint density at radius 3 is 1.42 bits per heavy atom. The molecule has 1 rings (SSSR count). The van der Waals surface area contributed by atoms with Gasteiger partial charge in [0.2, 0.25) is 5.91 Å². The van der Waals surface area contributed by atoms with Gasteiger partial charge in [-0.05, 0) is 44.9 Å². The highest BCUT2D eigenvalue weighted by atomic mass is 31.2. The molecule has 14 heteroatoms. The van der Waals surface area contributed by atoms with Crippen molar-refractivity contribution in [2.45, 2.75) is 274 Å². The summed E-state index contributed by atoms with van der Waals surface area (Å²) in [5.74, 6) is -0.601. The molecule has 0 aromatic rings. The highest BCUT2D eigenvalue weighted by Crippen LogP contribution is 2.47. The van der Waals surface area contributed by atoms with Gasteiger partial charge in [0.25, 0.3) is 0 Å². The maximum absolute atomic E-state index is 12.9. The van der Waals surface area contributed by atoms with Crippen molar-refractivity contribution in [1.82, 2.24) is 5.32 Å². The molecule has 9 N–H and O–H groups in total. The van der Waals surface area contributed by atoms with E-state index in [1.807, 2.05) is 6.92 Å². The molecule has 13 nitrogen and oxygen atoms in total. The van der Waals surface area contributed by atoms with Crippen LogP contribution in [0.4, 0.5) is 0 Å². The van der Waals surface area contributed by atoms with Crippen molar-refractivity contribution in [3.8, 4) is 0 Å². The number of carbonyl (C=O) groups excluding carboxylic acids is 1. The van der Waals surface area contributed by atoms with Gasteiger partial charge >= 0.3 is 7.82 Å². The molecule has 1 aliphatic rings. The quantitative estimate of drug-likeness (QED) is 0.0158. The Kier molecular flexibility index (Phi) is 38.3. The first kappa shape index (κ1) is 61.5. The zero-order valence-corrected chi connectivity index (χ0v) is 41.5. The molecule has 1 amide bonds. The van der Waals surface area contributed by atoms with Crippen LogP contribution in [0, 0.1) is 0 Å². The Balaban J connectivity index is 2.12. The molecule has 1 saturated carbocycles. The van der Waals surface area contributed by atoms with E-state index < -0.39 is 75.2 Å². The third kappa shape index (κ3) is 32.1. The molecule has 0 aliphatic heterocycles. The number of nitrogens with one attached hydrogen (secondary N) is 1. The van der Waals surface area contributed by atoms with Gasteiger partial charge in [0.15, 0.2) is 0 Å². The lowest BCUT2D eigenvalue weighted by atomic mass is 9.85. The van der Waals surface area contributed by atoms with E-state index in [1.54, 1.807) is 6.08 Å². The number of carbonyl (C=O) groups is 1. The number of unbranched alkanes of at least 4 members (excludes halogenated alkanes) is 26. The lowest BCUT2D eigenvalue weighted by Crippen LogP contribution is -2.64. The molecule has 8 atom stereocenters. The molecular weight excluding hydrogens is 850 g/mol. The summed E-state index contributed by atoms with van der Waals surface area (Å²) in [4.78, 5) is 23.2. The van der Waals surface area contributed by atoms with Crippen molar-refractivity contribution in [2.75, 3.05) is 6.61 Å². The van der Waals surface area contributed by atoms with Crippen molar-refractivity contribution < 1.29 is 59.0 Å². The van der Waals surface area contributed by atoms with E-state index >= 15 is 0 Å². The second-order valence-corrected chi connectivity index (χ2v) is 20.0. The van der Waals surface area contributed by atoms with Crippen LogP contribution in [0.1, 0.15) is 219 Å². The van der Waals surface area contributed by atoms with Gasteiger partial charge < -0.3 is 46.0 Å². The molecule has 0 saturated heterocycles. The predicted octanol–water partition coefficient (Wildman–Crippen LogP) is 9.70. The number of hydrogen-bond acceptors (Lipinski definition) is 11. The molecule has 1 fully saturated rings. The third-order valence-electron chi connectivity index (χ3n) is 12.5. The Bertz CT molecular complexity index is 1250. The van der Waals surface area contributed by atoms with Crippen LogP contribution in [-0.4, -0.2) is 108 Å². The number of aliphatic hydroxyl groups is 7. The van der Waals surface area contributed by atoms with Crippen LogP contribution >= 0.6 is 7.82 Å². The second-order valence-electron chi connectivity index (χ2n) is 18.6. The number of amides is 1. The average Bonchev–Trinajstić information content (AvgIpc) is 3.28. The van der Waals surface area contributed by atoms with Crippen molar-refractivity contribution in [2.24, 2.45) is 0 Å². The van der Waals surface area contributed by atoms with Crippen LogP contribution in [0.2, 0.25) is 0 Å². The van der Waals surface area contributed by atoms with E-state index in [1.165, 1.54) is 147 Å². The number of rotatable bonds is 43. The smallest absolute Gasteiger partial charge is 0.393 e. The van der Waals surface area contributed by atoms with Crippen LogP contribution in [0.3, 0.4) is 0 Å². The van der Waals surface area contributed by atoms with Crippen molar-refractivity contribution in [1.29, 1.82) is 0 Å². The maximum atomic E-state index is 12.9. The van der Waals surface area contributed by atoms with Crippen LogP contribution in [0.15, 0.2) is 36.5 Å². The first-order chi connectivity index (χ1) is 31.3. The standard InChI is InChI=1S/C51H96NO12P/c1-3-5-7-9-10-11-12-13-14-15-16-17-18-19-20-21-22-23-24-25-26-27-28-29-30-31-32-33-34-35-36-38-42(53)40-45(55)52-43(44(54)39-37-8-6-4-2)41-63-65(61,62)64-51-49(59)47(57)46(56)48(58)50(51)60/h16-17,19-20,37,39,42-44,46-51,53-54,56-60H,3-15,18,21-36,38,40-41H2,1-2H3,(H,52,55)(H,61,62)/b17-16-,20-19-,39-37+. The van der Waals surface area contributed by atoms with Gasteiger partial charge in [-0.25, -0.2) is 4.57 Å². The fraction of sp³-hybridized carbons (Fsp3) is 0.863. The molecular formula is C51H96NO12P. The minimum atomic E-state index is -5.12. The van der Waals surface area contributed by atoms with E-state index in [-0.39, 0.29) is 6.42 Å². The summed E-state index contributed by atoms with van der Waals surface area (Å²) in [6.45, 7) is 3.55. The van der Waals surface area contributed by atoms with E-state index in [0.29, 0.717) is 12.8 Å². The highest BCUT2D eigenvalue weighted by Gasteiger charge is 2.51. The molecule has 1 aliphatic carbocycles. The molecule has 0 radical (unpaired) electrons. The Hall–Kier alpha value is -1.48. The highest BCUT2D eigenvalue weighted by molar-refractivity contribution is 7.47. The molecule has 382 valence electrons. The first-order valence-electron chi connectivity index (χ1n) is 26.0. The summed E-state index contributed by atoms with van der Waals surface area (Å²) in [6.07, 6.45) is 35.2. The predicted molar refractivity (Wildman–Crippen MR) is 261 cm³/mol. The zero-order valence-electron chi connectivity index (χ0n) is 40.7. The average molecular weight is 946 g/mol. The van der Waals surface area contributed by atoms with Gasteiger partial charge in [-0.3, -0.25) is 13.8 Å². The summed E-state index contributed by atoms with van der Waals surface area (Å²) in [7, 11) is -5.12. The fourth-order valence-electron chi connectivity index (χ4n) is 8.20. The lowest BCUT2D eigenvalue weighted by molar-refractivity contribution is -0.220. The molecule has 0 spiro atoms. The molecule has 65 heavy (non-hydrogen) atoms. The number of hydrogen-bond donors (Lipinski definition) is 9. The van der Waals surface area contributed by atoms with Gasteiger partial charge in [-0.2, -0.15) is 0 Å². The van der Waals surface area contributed by atoms with E-state index in [2.05, 4.69) is 36.5 Å². The summed E-state index contributed by atoms with van der Waals surface area (Å²) in [6, 6.07) is -1.24.